The third-order valence-electron chi connectivity index (χ3n) is 1.34. The van der Waals surface area contributed by atoms with Crippen molar-refractivity contribution in [3.05, 3.63) is 29.8 Å². The van der Waals surface area contributed by atoms with Crippen molar-refractivity contribution in [1.82, 2.24) is 0 Å². The maximum atomic E-state index is 9.92. The number of aldehydes is 1. The summed E-state index contributed by atoms with van der Waals surface area (Å²) < 4.78 is 5.04. The summed E-state index contributed by atoms with van der Waals surface area (Å²) in [5.74, 6) is 0.739. The van der Waals surface area contributed by atoms with E-state index in [-0.39, 0.29) is 14.0 Å². The maximum Gasteiger partial charge on any atom is 0.157 e. The van der Waals surface area contributed by atoms with E-state index in [9.17, 15) is 4.79 Å². The molecular formula is C10H14O2. The first kappa shape index (κ1) is 10.7. The Labute approximate surface area is 73.2 Å². The molecule has 0 saturated heterocycles. The molecule has 0 aromatic heterocycles. The molecule has 2 heteroatoms. The summed E-state index contributed by atoms with van der Waals surface area (Å²) in [5.41, 5.74) is 1.18. The number of hydrogen-bond acceptors (Lipinski definition) is 2. The first-order valence-electron chi connectivity index (χ1n) is 3.46. The van der Waals surface area contributed by atoms with Crippen LogP contribution in [0.4, 0.5) is 0 Å². The number of aryl methyl sites for hydroxylation is 1. The lowest BCUT2D eigenvalue weighted by molar-refractivity contribution is -0.109. The lowest BCUT2D eigenvalue weighted by Gasteiger charge is -2.00. The van der Waals surface area contributed by atoms with Crippen molar-refractivity contribution in [2.75, 3.05) is 6.61 Å². The number of rotatable bonds is 3. The lowest BCUT2D eigenvalue weighted by atomic mass is 10.2. The Balaban J connectivity index is 0.00000121. The summed E-state index contributed by atoms with van der Waals surface area (Å²) in [6.45, 7) is 2.13. The molecule has 2 nitrogen and oxygen atoms in total. The fraction of sp³-hybridized carbons (Fsp3) is 0.300. The highest BCUT2D eigenvalue weighted by molar-refractivity contribution is 5.51. The minimum absolute atomic E-state index is 0. The normalized spacial score (nSPS) is 8.42. The average molecular weight is 166 g/mol. The molecule has 0 heterocycles. The minimum Gasteiger partial charge on any atom is -0.486 e. The minimum atomic E-state index is 0. The Morgan fingerprint density at radius 3 is 2.42 bits per heavy atom. The van der Waals surface area contributed by atoms with Gasteiger partial charge in [0, 0.05) is 0 Å². The van der Waals surface area contributed by atoms with E-state index in [4.69, 9.17) is 4.74 Å². The van der Waals surface area contributed by atoms with Gasteiger partial charge in [0.25, 0.3) is 0 Å². The summed E-state index contributed by atoms with van der Waals surface area (Å²) in [7, 11) is 0. The van der Waals surface area contributed by atoms with Crippen LogP contribution in [0, 0.1) is 6.92 Å². The van der Waals surface area contributed by atoms with E-state index in [1.54, 1.807) is 0 Å². The molecule has 0 aliphatic carbocycles. The van der Waals surface area contributed by atoms with Crippen LogP contribution in [0.3, 0.4) is 0 Å². The first-order valence-corrected chi connectivity index (χ1v) is 3.46. The molecule has 66 valence electrons. The van der Waals surface area contributed by atoms with Gasteiger partial charge in [-0.1, -0.05) is 25.1 Å². The van der Waals surface area contributed by atoms with Crippen molar-refractivity contribution in [3.63, 3.8) is 0 Å². The molecule has 0 atom stereocenters. The van der Waals surface area contributed by atoms with Crippen LogP contribution in [0.1, 0.15) is 13.0 Å². The number of benzene rings is 1. The summed E-state index contributed by atoms with van der Waals surface area (Å²) in [5, 5.41) is 0. The molecule has 0 bridgehead atoms. The predicted octanol–water partition coefficient (Wildman–Crippen LogP) is 2.21. The van der Waals surface area contributed by atoms with Crippen molar-refractivity contribution in [2.24, 2.45) is 0 Å². The van der Waals surface area contributed by atoms with Gasteiger partial charge in [0.15, 0.2) is 6.29 Å². The van der Waals surface area contributed by atoms with Crippen molar-refractivity contribution in [3.8, 4) is 5.75 Å². The van der Waals surface area contributed by atoms with Crippen molar-refractivity contribution >= 4 is 6.29 Å². The van der Waals surface area contributed by atoms with Gasteiger partial charge in [-0.2, -0.15) is 0 Å². The van der Waals surface area contributed by atoms with E-state index < -0.39 is 0 Å². The SMILES string of the molecule is C.Cc1ccc(OCC=O)cc1. The molecular weight excluding hydrogens is 152 g/mol. The highest BCUT2D eigenvalue weighted by atomic mass is 16.5. The molecule has 0 unspecified atom stereocenters. The largest absolute Gasteiger partial charge is 0.486 e. The molecule has 0 N–H and O–H groups in total. The summed E-state index contributed by atoms with van der Waals surface area (Å²) in [6.07, 6.45) is 0.736. The Kier molecular flexibility index (Phi) is 4.77. The first-order chi connectivity index (χ1) is 5.33. The van der Waals surface area contributed by atoms with E-state index in [0.29, 0.717) is 0 Å². The monoisotopic (exact) mass is 166 g/mol. The van der Waals surface area contributed by atoms with Gasteiger partial charge in [0.1, 0.15) is 12.4 Å². The number of carbonyl (C=O) groups is 1. The molecule has 0 saturated carbocycles. The highest BCUT2D eigenvalue weighted by Crippen LogP contribution is 2.10. The van der Waals surface area contributed by atoms with Crippen LogP contribution in [0.15, 0.2) is 24.3 Å². The van der Waals surface area contributed by atoms with Crippen LogP contribution in [-0.4, -0.2) is 12.9 Å². The average Bonchev–Trinajstić information content (AvgIpc) is 2.04. The zero-order valence-electron chi connectivity index (χ0n) is 6.41. The smallest absolute Gasteiger partial charge is 0.157 e. The van der Waals surface area contributed by atoms with Gasteiger partial charge in [0.05, 0.1) is 0 Å². The fourth-order valence-electron chi connectivity index (χ4n) is 0.765. The zero-order chi connectivity index (χ0) is 8.10. The number of carbonyl (C=O) groups excluding carboxylic acids is 1. The van der Waals surface area contributed by atoms with Gasteiger partial charge in [-0.3, -0.25) is 4.79 Å². The molecule has 1 aromatic rings. The topological polar surface area (TPSA) is 26.3 Å². The highest BCUT2D eigenvalue weighted by Gasteiger charge is 1.89. The van der Waals surface area contributed by atoms with Crippen LogP contribution in [0.25, 0.3) is 0 Å². The van der Waals surface area contributed by atoms with Gasteiger partial charge >= 0.3 is 0 Å². The second kappa shape index (κ2) is 5.35. The van der Waals surface area contributed by atoms with Crippen LogP contribution in [0.5, 0.6) is 5.75 Å². The summed E-state index contributed by atoms with van der Waals surface area (Å²) in [6, 6.07) is 7.58. The Bertz CT molecular complexity index is 226. The summed E-state index contributed by atoms with van der Waals surface area (Å²) >= 11 is 0. The van der Waals surface area contributed by atoms with E-state index in [0.717, 1.165) is 12.0 Å². The van der Waals surface area contributed by atoms with Crippen LogP contribution in [0.2, 0.25) is 0 Å². The maximum absolute atomic E-state index is 9.92. The zero-order valence-corrected chi connectivity index (χ0v) is 6.41. The fourth-order valence-corrected chi connectivity index (χ4v) is 0.765. The molecule has 0 fully saturated rings. The predicted molar refractivity (Wildman–Crippen MR) is 49.5 cm³/mol. The number of ether oxygens (including phenoxy) is 1. The number of hydrogen-bond donors (Lipinski definition) is 0. The van der Waals surface area contributed by atoms with Gasteiger partial charge in [0.2, 0.25) is 0 Å². The van der Waals surface area contributed by atoms with Crippen molar-refractivity contribution < 1.29 is 9.53 Å². The van der Waals surface area contributed by atoms with Gasteiger partial charge in [-0.25, -0.2) is 0 Å². The Hall–Kier alpha value is -1.31. The third-order valence-corrected chi connectivity index (χ3v) is 1.34. The quantitative estimate of drug-likeness (QED) is 0.643. The van der Waals surface area contributed by atoms with Gasteiger partial charge < -0.3 is 4.74 Å². The molecule has 1 aromatic carbocycles. The Morgan fingerprint density at radius 1 is 1.33 bits per heavy atom. The molecule has 0 aliphatic heterocycles. The van der Waals surface area contributed by atoms with Crippen molar-refractivity contribution in [1.29, 1.82) is 0 Å². The molecule has 1 rings (SSSR count). The van der Waals surface area contributed by atoms with Crippen molar-refractivity contribution in [2.45, 2.75) is 14.4 Å². The molecule has 0 radical (unpaired) electrons. The molecule has 12 heavy (non-hydrogen) atoms. The third kappa shape index (κ3) is 3.19. The molecule has 0 spiro atoms. The van der Waals surface area contributed by atoms with E-state index in [2.05, 4.69) is 0 Å². The van der Waals surface area contributed by atoms with Crippen LogP contribution >= 0.6 is 0 Å². The van der Waals surface area contributed by atoms with Crippen LogP contribution in [-0.2, 0) is 4.79 Å². The van der Waals surface area contributed by atoms with Gasteiger partial charge in [-0.15, -0.1) is 0 Å². The molecule has 0 amide bonds. The van der Waals surface area contributed by atoms with E-state index >= 15 is 0 Å². The van der Waals surface area contributed by atoms with Crippen LogP contribution < -0.4 is 4.74 Å². The lowest BCUT2D eigenvalue weighted by Crippen LogP contribution is -1.96. The molecule has 0 aliphatic rings. The second-order valence-corrected chi connectivity index (χ2v) is 2.29. The second-order valence-electron chi connectivity index (χ2n) is 2.29. The standard InChI is InChI=1S/C9H10O2.CH4/c1-8-2-4-9(5-3-8)11-7-6-10;/h2-6H,7H2,1H3;1H4. The van der Waals surface area contributed by atoms with E-state index in [1.165, 1.54) is 5.56 Å². The van der Waals surface area contributed by atoms with E-state index in [1.807, 2.05) is 31.2 Å². The Morgan fingerprint density at radius 2 is 1.92 bits per heavy atom. The summed E-state index contributed by atoms with van der Waals surface area (Å²) in [4.78, 5) is 9.92. The van der Waals surface area contributed by atoms with Gasteiger partial charge in [-0.05, 0) is 19.1 Å².